The summed E-state index contributed by atoms with van der Waals surface area (Å²) >= 11 is 5.37. The zero-order valence-corrected chi connectivity index (χ0v) is 13.0. The highest BCUT2D eigenvalue weighted by atomic mass is 79.9. The van der Waals surface area contributed by atoms with Gasteiger partial charge in [0.25, 0.3) is 0 Å². The fourth-order valence-electron chi connectivity index (χ4n) is 2.58. The second-order valence-electron chi connectivity index (χ2n) is 4.83. The molecule has 1 aromatic heterocycles. The minimum absolute atomic E-state index is 0.326. The third kappa shape index (κ3) is 2.71. The summed E-state index contributed by atoms with van der Waals surface area (Å²) in [6.45, 7) is 1.90. The van der Waals surface area contributed by atoms with Gasteiger partial charge in [0.2, 0.25) is 0 Å². The second-order valence-corrected chi connectivity index (χ2v) is 6.69. The van der Waals surface area contributed by atoms with Gasteiger partial charge in [0.1, 0.15) is 0 Å². The van der Waals surface area contributed by atoms with E-state index < -0.39 is 0 Å². The van der Waals surface area contributed by atoms with Gasteiger partial charge in [-0.05, 0) is 46.3 Å². The molecule has 3 rings (SSSR count). The molecule has 1 atom stereocenters. The summed E-state index contributed by atoms with van der Waals surface area (Å²) in [4.78, 5) is 3.72. The maximum atomic E-state index is 10.2. The lowest BCUT2D eigenvalue weighted by molar-refractivity contribution is 0.168. The summed E-state index contributed by atoms with van der Waals surface area (Å²) < 4.78 is 1.18. The normalized spacial score (nSPS) is 19.1. The van der Waals surface area contributed by atoms with E-state index in [9.17, 15) is 5.11 Å². The van der Waals surface area contributed by atoms with E-state index in [2.05, 4.69) is 38.3 Å². The predicted molar refractivity (Wildman–Crippen MR) is 83.7 cm³/mol. The molecule has 0 aliphatic carbocycles. The Kier molecular flexibility index (Phi) is 3.91. The van der Waals surface area contributed by atoms with Crippen molar-refractivity contribution in [2.75, 3.05) is 11.4 Å². The van der Waals surface area contributed by atoms with Crippen molar-refractivity contribution in [3.8, 4) is 0 Å². The van der Waals surface area contributed by atoms with Crippen molar-refractivity contribution in [2.24, 2.45) is 0 Å². The van der Waals surface area contributed by atoms with Crippen LogP contribution in [0.15, 0.2) is 40.2 Å². The number of hydrogen-bond acceptors (Lipinski definition) is 3. The highest BCUT2D eigenvalue weighted by Crippen LogP contribution is 2.35. The average Bonchev–Trinajstić information content (AvgIpc) is 2.75. The number of rotatable bonds is 2. The number of aliphatic hydroxyl groups is 1. The van der Waals surface area contributed by atoms with Crippen molar-refractivity contribution in [2.45, 2.75) is 25.5 Å². The molecule has 2 nitrogen and oxygen atoms in total. The lowest BCUT2D eigenvalue weighted by Crippen LogP contribution is -2.23. The molecule has 1 unspecified atom stereocenters. The van der Waals surface area contributed by atoms with Crippen LogP contribution < -0.4 is 4.90 Å². The van der Waals surface area contributed by atoms with Crippen LogP contribution >= 0.6 is 27.3 Å². The van der Waals surface area contributed by atoms with Crippen LogP contribution in [0, 0.1) is 0 Å². The van der Waals surface area contributed by atoms with Crippen molar-refractivity contribution >= 4 is 33.0 Å². The Hall–Kier alpha value is -0.840. The molecule has 19 heavy (non-hydrogen) atoms. The summed E-state index contributed by atoms with van der Waals surface area (Å²) in [5.41, 5.74) is 2.24. The number of aliphatic hydroxyl groups excluding tert-OH is 1. The summed E-state index contributed by atoms with van der Waals surface area (Å²) in [5, 5.41) is 12.3. The van der Waals surface area contributed by atoms with E-state index in [0.717, 1.165) is 31.5 Å². The lowest BCUT2D eigenvalue weighted by Gasteiger charge is -2.24. The van der Waals surface area contributed by atoms with Gasteiger partial charge in [0.15, 0.2) is 0 Å². The zero-order chi connectivity index (χ0) is 13.2. The fourth-order valence-corrected chi connectivity index (χ4v) is 4.08. The Morgan fingerprint density at radius 1 is 1.32 bits per heavy atom. The minimum Gasteiger partial charge on any atom is -0.388 e. The molecule has 2 heterocycles. The number of halogens is 1. The van der Waals surface area contributed by atoms with E-state index >= 15 is 0 Å². The predicted octanol–water partition coefficient (Wildman–Crippen LogP) is 4.34. The molecule has 1 aliphatic rings. The number of anilines is 1. The van der Waals surface area contributed by atoms with Crippen molar-refractivity contribution in [1.29, 1.82) is 0 Å². The molecule has 0 saturated heterocycles. The number of para-hydroxylation sites is 1. The van der Waals surface area contributed by atoms with Gasteiger partial charge in [-0.1, -0.05) is 18.2 Å². The van der Waals surface area contributed by atoms with E-state index in [1.54, 1.807) is 11.3 Å². The molecule has 0 amide bonds. The Morgan fingerprint density at radius 3 is 2.95 bits per heavy atom. The van der Waals surface area contributed by atoms with Crippen LogP contribution in [0.4, 0.5) is 5.69 Å². The second kappa shape index (κ2) is 5.65. The van der Waals surface area contributed by atoms with E-state index in [4.69, 9.17) is 0 Å². The van der Waals surface area contributed by atoms with Crippen LogP contribution in [0.25, 0.3) is 0 Å². The van der Waals surface area contributed by atoms with Crippen LogP contribution in [0.5, 0.6) is 0 Å². The lowest BCUT2D eigenvalue weighted by atomic mass is 10.0. The Morgan fingerprint density at radius 2 is 2.16 bits per heavy atom. The largest absolute Gasteiger partial charge is 0.388 e. The zero-order valence-electron chi connectivity index (χ0n) is 10.6. The molecule has 0 radical (unpaired) electrons. The molecule has 0 saturated carbocycles. The van der Waals surface area contributed by atoms with Crippen molar-refractivity contribution in [3.63, 3.8) is 0 Å². The third-order valence-electron chi connectivity index (χ3n) is 3.57. The van der Waals surface area contributed by atoms with Gasteiger partial charge in [0, 0.05) is 27.1 Å². The van der Waals surface area contributed by atoms with Crippen LogP contribution in [-0.2, 0) is 6.54 Å². The first-order valence-electron chi connectivity index (χ1n) is 6.49. The van der Waals surface area contributed by atoms with Crippen LogP contribution in [0.3, 0.4) is 0 Å². The van der Waals surface area contributed by atoms with E-state index in [0.29, 0.717) is 0 Å². The third-order valence-corrected chi connectivity index (χ3v) is 5.48. The standard InChI is InChI=1S/C15H16BrNOS/c16-12-7-9-19-15(12)10-17-8-3-6-14(18)11-4-1-2-5-13(11)17/h1-2,4-5,7,9,14,18H,3,6,8,10H2. The van der Waals surface area contributed by atoms with Crippen molar-refractivity contribution in [1.82, 2.24) is 0 Å². The van der Waals surface area contributed by atoms with Crippen LogP contribution in [0.1, 0.15) is 29.4 Å². The molecule has 0 fully saturated rings. The van der Waals surface area contributed by atoms with E-state index in [1.807, 2.05) is 18.2 Å². The number of fused-ring (bicyclic) bond motifs is 1. The number of nitrogens with zero attached hydrogens (tertiary/aromatic N) is 1. The minimum atomic E-state index is -0.326. The molecule has 0 spiro atoms. The molecule has 2 aromatic rings. The molecular formula is C15H16BrNOS. The van der Waals surface area contributed by atoms with Gasteiger partial charge in [-0.3, -0.25) is 0 Å². The summed E-state index contributed by atoms with van der Waals surface area (Å²) in [7, 11) is 0. The molecular weight excluding hydrogens is 322 g/mol. The highest BCUT2D eigenvalue weighted by Gasteiger charge is 2.21. The van der Waals surface area contributed by atoms with Gasteiger partial charge in [0.05, 0.1) is 12.6 Å². The topological polar surface area (TPSA) is 23.5 Å². The SMILES string of the molecule is OC1CCCN(Cc2sccc2Br)c2ccccc21. The quantitative estimate of drug-likeness (QED) is 0.880. The van der Waals surface area contributed by atoms with E-state index in [1.165, 1.54) is 15.0 Å². The summed E-state index contributed by atoms with van der Waals surface area (Å²) in [6.07, 6.45) is 1.55. The number of thiophene rings is 1. The molecule has 4 heteroatoms. The van der Waals surface area contributed by atoms with E-state index in [-0.39, 0.29) is 6.10 Å². The van der Waals surface area contributed by atoms with Crippen molar-refractivity contribution in [3.05, 3.63) is 50.6 Å². The van der Waals surface area contributed by atoms with Crippen molar-refractivity contribution < 1.29 is 5.11 Å². The van der Waals surface area contributed by atoms with Gasteiger partial charge < -0.3 is 10.0 Å². The molecule has 0 bridgehead atoms. The van der Waals surface area contributed by atoms with Gasteiger partial charge in [-0.2, -0.15) is 0 Å². The summed E-state index contributed by atoms with van der Waals surface area (Å²) in [6, 6.07) is 10.3. The molecule has 1 aliphatic heterocycles. The van der Waals surface area contributed by atoms with Gasteiger partial charge in [-0.15, -0.1) is 11.3 Å². The molecule has 1 aromatic carbocycles. The van der Waals surface area contributed by atoms with Crippen LogP contribution in [0.2, 0.25) is 0 Å². The van der Waals surface area contributed by atoms with Crippen LogP contribution in [-0.4, -0.2) is 11.7 Å². The molecule has 1 N–H and O–H groups in total. The van der Waals surface area contributed by atoms with Gasteiger partial charge >= 0.3 is 0 Å². The highest BCUT2D eigenvalue weighted by molar-refractivity contribution is 9.10. The Bertz CT molecular complexity index is 569. The first-order chi connectivity index (χ1) is 9.25. The maximum Gasteiger partial charge on any atom is 0.0810 e. The smallest absolute Gasteiger partial charge is 0.0810 e. The first kappa shape index (κ1) is 13.2. The first-order valence-corrected chi connectivity index (χ1v) is 8.17. The average molecular weight is 338 g/mol. The monoisotopic (exact) mass is 337 g/mol. The summed E-state index contributed by atoms with van der Waals surface area (Å²) in [5.74, 6) is 0. The number of benzene rings is 1. The number of hydrogen-bond donors (Lipinski definition) is 1. The Balaban J connectivity index is 1.93. The molecule has 100 valence electrons. The maximum absolute atomic E-state index is 10.2. The Labute approximate surface area is 125 Å². The van der Waals surface area contributed by atoms with Gasteiger partial charge in [-0.25, -0.2) is 0 Å². The fraction of sp³-hybridized carbons (Fsp3) is 0.333.